The molecule has 0 fully saturated rings. The van der Waals surface area contributed by atoms with Crippen LogP contribution in [0.2, 0.25) is 0 Å². The first-order valence-electron chi connectivity index (χ1n) is 7.76. The normalized spacial score (nSPS) is 10.8. The van der Waals surface area contributed by atoms with Crippen LogP contribution in [0.4, 0.5) is 17.1 Å². The number of hydrogen-bond donors (Lipinski definition) is 1. The van der Waals surface area contributed by atoms with Gasteiger partial charge in [-0.1, -0.05) is 12.1 Å². The lowest BCUT2D eigenvalue weighted by atomic mass is 10.1. The van der Waals surface area contributed by atoms with Crippen LogP contribution in [0, 0.1) is 10.1 Å². The molecule has 1 N–H and O–H groups in total. The minimum atomic E-state index is -0.400. The summed E-state index contributed by atoms with van der Waals surface area (Å²) in [5.41, 5.74) is 5.96. The van der Waals surface area contributed by atoms with Crippen LogP contribution in [0.25, 0.3) is 0 Å². The topological polar surface area (TPSA) is 71.3 Å². The van der Waals surface area contributed by atoms with Crippen LogP contribution in [0.15, 0.2) is 59.4 Å². The first-order valence-corrected chi connectivity index (χ1v) is 8.70. The summed E-state index contributed by atoms with van der Waals surface area (Å²) >= 11 is 1.60. The number of thiazole rings is 1. The predicted molar refractivity (Wildman–Crippen MR) is 100 cm³/mol. The van der Waals surface area contributed by atoms with Gasteiger partial charge in [-0.25, -0.2) is 4.98 Å². The summed E-state index contributed by atoms with van der Waals surface area (Å²) in [5, 5.41) is 16.0. The van der Waals surface area contributed by atoms with E-state index in [4.69, 9.17) is 0 Å². The summed E-state index contributed by atoms with van der Waals surface area (Å²) < 4.78 is 0. The highest BCUT2D eigenvalue weighted by molar-refractivity contribution is 7.07. The Labute approximate surface area is 149 Å². The van der Waals surface area contributed by atoms with E-state index >= 15 is 0 Å². The maximum atomic E-state index is 10.7. The molecule has 0 spiro atoms. The molecule has 0 unspecified atom stereocenters. The average Bonchev–Trinajstić information content (AvgIpc) is 3.08. The molecule has 0 atom stereocenters. The summed E-state index contributed by atoms with van der Waals surface area (Å²) in [6.07, 6.45) is 0. The van der Waals surface area contributed by atoms with Gasteiger partial charge in [0.25, 0.3) is 5.69 Å². The predicted octanol–water partition coefficient (Wildman–Crippen LogP) is 4.43. The van der Waals surface area contributed by atoms with Crippen molar-refractivity contribution < 1.29 is 4.92 Å². The minimum absolute atomic E-state index is 0.0861. The third-order valence-corrected chi connectivity index (χ3v) is 4.30. The van der Waals surface area contributed by atoms with E-state index in [9.17, 15) is 10.1 Å². The molecule has 0 aliphatic carbocycles. The molecule has 2 aromatic carbocycles. The molecule has 25 heavy (non-hydrogen) atoms. The molecule has 0 bridgehead atoms. The summed E-state index contributed by atoms with van der Waals surface area (Å²) in [5.74, 6) is 0. The van der Waals surface area contributed by atoms with Crippen LogP contribution in [-0.4, -0.2) is 21.9 Å². The van der Waals surface area contributed by atoms with E-state index in [0.717, 1.165) is 30.2 Å². The van der Waals surface area contributed by atoms with E-state index < -0.39 is 4.92 Å². The van der Waals surface area contributed by atoms with E-state index in [1.54, 1.807) is 23.5 Å². The van der Waals surface area contributed by atoms with E-state index in [1.165, 1.54) is 17.7 Å². The number of non-ortho nitro benzene ring substituents is 1. The maximum Gasteiger partial charge on any atom is 0.269 e. The van der Waals surface area contributed by atoms with Crippen molar-refractivity contribution in [1.82, 2.24) is 9.88 Å². The van der Waals surface area contributed by atoms with Gasteiger partial charge in [0.05, 0.1) is 16.1 Å². The first-order chi connectivity index (χ1) is 12.1. The fourth-order valence-corrected chi connectivity index (χ4v) is 3.09. The third-order valence-electron chi connectivity index (χ3n) is 3.66. The summed E-state index contributed by atoms with van der Waals surface area (Å²) in [4.78, 5) is 16.8. The lowest BCUT2D eigenvalue weighted by molar-refractivity contribution is -0.384. The zero-order chi connectivity index (χ0) is 17.6. The maximum absolute atomic E-state index is 10.7. The van der Waals surface area contributed by atoms with Crippen molar-refractivity contribution in [3.05, 3.63) is 80.8 Å². The quantitative estimate of drug-likeness (QED) is 0.502. The Kier molecular flexibility index (Phi) is 5.37. The fraction of sp³-hybridized carbons (Fsp3) is 0.167. The Morgan fingerprint density at radius 1 is 1.16 bits per heavy atom. The molecule has 0 saturated carbocycles. The van der Waals surface area contributed by atoms with Crippen LogP contribution in [0.5, 0.6) is 0 Å². The largest absolute Gasteiger partial charge is 0.356 e. The molecule has 1 heterocycles. The van der Waals surface area contributed by atoms with Gasteiger partial charge in [-0.05, 0) is 36.9 Å². The van der Waals surface area contributed by atoms with E-state index in [2.05, 4.69) is 39.8 Å². The van der Waals surface area contributed by atoms with Gasteiger partial charge >= 0.3 is 0 Å². The second-order valence-corrected chi connectivity index (χ2v) is 6.50. The Hall–Kier alpha value is -2.77. The molecule has 3 rings (SSSR count). The molecular weight excluding hydrogens is 336 g/mol. The fourth-order valence-electron chi connectivity index (χ4n) is 2.54. The van der Waals surface area contributed by atoms with Crippen LogP contribution in [-0.2, 0) is 13.1 Å². The molecule has 0 amide bonds. The Bertz CT molecular complexity index is 835. The molecule has 0 aliphatic rings. The summed E-state index contributed by atoms with van der Waals surface area (Å²) in [7, 11) is 2.07. The Balaban J connectivity index is 1.63. The number of nitro benzene ring substituents is 1. The smallest absolute Gasteiger partial charge is 0.269 e. The van der Waals surface area contributed by atoms with Crippen molar-refractivity contribution in [1.29, 1.82) is 0 Å². The van der Waals surface area contributed by atoms with E-state index in [-0.39, 0.29) is 5.69 Å². The van der Waals surface area contributed by atoms with Crippen molar-refractivity contribution in [3.8, 4) is 0 Å². The van der Waals surface area contributed by atoms with Crippen LogP contribution in [0.3, 0.4) is 0 Å². The highest BCUT2D eigenvalue weighted by Crippen LogP contribution is 2.21. The summed E-state index contributed by atoms with van der Waals surface area (Å²) in [6, 6.07) is 14.5. The number of anilines is 2. The standard InChI is InChI=1S/C18H18N4O2S/c1-21(11-17-12-25-13-19-17)10-14-3-2-4-16(9-14)20-15-5-7-18(8-6-15)22(23)24/h2-9,12-13,20H,10-11H2,1H3. The highest BCUT2D eigenvalue weighted by Gasteiger charge is 2.06. The SMILES string of the molecule is CN(Cc1cccc(Nc2ccc([N+](=O)[O-])cc2)c1)Cc1cscn1. The third kappa shape index (κ3) is 4.85. The number of aromatic nitrogens is 1. The number of nitro groups is 1. The Morgan fingerprint density at radius 2 is 1.96 bits per heavy atom. The lowest BCUT2D eigenvalue weighted by Gasteiger charge is -2.16. The average molecular weight is 354 g/mol. The van der Waals surface area contributed by atoms with Gasteiger partial charge in [0.15, 0.2) is 0 Å². The van der Waals surface area contributed by atoms with Crippen LogP contribution >= 0.6 is 11.3 Å². The molecule has 0 aliphatic heterocycles. The lowest BCUT2D eigenvalue weighted by Crippen LogP contribution is -2.17. The van der Waals surface area contributed by atoms with Crippen molar-refractivity contribution >= 4 is 28.4 Å². The molecule has 0 radical (unpaired) electrons. The first kappa shape index (κ1) is 17.1. The van der Waals surface area contributed by atoms with Crippen molar-refractivity contribution in [2.24, 2.45) is 0 Å². The molecule has 0 saturated heterocycles. The second kappa shape index (κ2) is 7.87. The van der Waals surface area contributed by atoms with E-state index in [1.807, 2.05) is 17.6 Å². The van der Waals surface area contributed by atoms with Crippen LogP contribution < -0.4 is 5.32 Å². The van der Waals surface area contributed by atoms with E-state index in [0.29, 0.717) is 0 Å². The zero-order valence-electron chi connectivity index (χ0n) is 13.8. The van der Waals surface area contributed by atoms with Gasteiger partial charge < -0.3 is 5.32 Å². The zero-order valence-corrected chi connectivity index (χ0v) is 14.6. The van der Waals surface area contributed by atoms with Crippen molar-refractivity contribution in [2.75, 3.05) is 12.4 Å². The number of benzene rings is 2. The monoisotopic (exact) mass is 354 g/mol. The second-order valence-electron chi connectivity index (χ2n) is 5.78. The van der Waals surface area contributed by atoms with Crippen molar-refractivity contribution in [2.45, 2.75) is 13.1 Å². The van der Waals surface area contributed by atoms with Gasteiger partial charge in [0, 0.05) is 42.0 Å². The van der Waals surface area contributed by atoms with Gasteiger partial charge in [0.1, 0.15) is 0 Å². The number of nitrogens with one attached hydrogen (secondary N) is 1. The Morgan fingerprint density at radius 3 is 2.64 bits per heavy atom. The minimum Gasteiger partial charge on any atom is -0.356 e. The molecule has 128 valence electrons. The molecule has 1 aromatic heterocycles. The highest BCUT2D eigenvalue weighted by atomic mass is 32.1. The van der Waals surface area contributed by atoms with Crippen LogP contribution in [0.1, 0.15) is 11.3 Å². The summed E-state index contributed by atoms with van der Waals surface area (Å²) in [6.45, 7) is 1.62. The molecule has 3 aromatic rings. The molecular formula is C18H18N4O2S. The van der Waals surface area contributed by atoms with Gasteiger partial charge in [-0.3, -0.25) is 15.0 Å². The van der Waals surface area contributed by atoms with Gasteiger partial charge in [-0.15, -0.1) is 11.3 Å². The van der Waals surface area contributed by atoms with Gasteiger partial charge in [-0.2, -0.15) is 0 Å². The molecule has 6 nitrogen and oxygen atoms in total. The van der Waals surface area contributed by atoms with Gasteiger partial charge in [0.2, 0.25) is 0 Å². The number of nitrogens with zero attached hydrogens (tertiary/aromatic N) is 3. The molecule has 7 heteroatoms. The van der Waals surface area contributed by atoms with Crippen molar-refractivity contribution in [3.63, 3.8) is 0 Å². The number of hydrogen-bond acceptors (Lipinski definition) is 6. The number of rotatable bonds is 7.